The number of nitrogen functional groups attached to an aromatic ring is 1. The summed E-state index contributed by atoms with van der Waals surface area (Å²) in [4.78, 5) is 21.8. The zero-order valence-corrected chi connectivity index (χ0v) is 19.9. The van der Waals surface area contributed by atoms with E-state index in [0.717, 1.165) is 27.3 Å². The van der Waals surface area contributed by atoms with Crippen LogP contribution in [0.1, 0.15) is 24.5 Å². The van der Waals surface area contributed by atoms with Crippen LogP contribution in [0.3, 0.4) is 0 Å². The van der Waals surface area contributed by atoms with Crippen LogP contribution in [0.25, 0.3) is 28.0 Å². The molecule has 0 bridgehead atoms. The van der Waals surface area contributed by atoms with Crippen LogP contribution in [0.5, 0.6) is 0 Å². The lowest BCUT2D eigenvalue weighted by Gasteiger charge is -2.32. The minimum atomic E-state index is -4.87. The van der Waals surface area contributed by atoms with Gasteiger partial charge < -0.3 is 10.6 Å². The number of benzene rings is 1. The van der Waals surface area contributed by atoms with Crippen molar-refractivity contribution in [1.82, 2.24) is 24.5 Å². The molecule has 1 aliphatic heterocycles. The van der Waals surface area contributed by atoms with Gasteiger partial charge in [0.05, 0.1) is 22.1 Å². The third-order valence-electron chi connectivity index (χ3n) is 6.20. The molecule has 1 fully saturated rings. The summed E-state index contributed by atoms with van der Waals surface area (Å²) in [7, 11) is 0. The SMILES string of the molecule is Nc1c(Br)c(C2CCN(C(=O)C(F)(F)F)CC2)nc2c(-c3ccc(-c4ccccc4)nc3)cnn12. The van der Waals surface area contributed by atoms with Crippen molar-refractivity contribution in [2.45, 2.75) is 24.9 Å². The monoisotopic (exact) mass is 544 g/mol. The summed E-state index contributed by atoms with van der Waals surface area (Å²) in [5.41, 5.74) is 10.9. The maximum atomic E-state index is 12.8. The third-order valence-corrected chi connectivity index (χ3v) is 7.02. The molecular weight excluding hydrogens is 525 g/mol. The maximum Gasteiger partial charge on any atom is 0.471 e. The molecule has 1 aromatic carbocycles. The van der Waals surface area contributed by atoms with Crippen molar-refractivity contribution in [1.29, 1.82) is 0 Å². The summed E-state index contributed by atoms with van der Waals surface area (Å²) in [6.45, 7) is -0.00158. The predicted molar refractivity (Wildman–Crippen MR) is 128 cm³/mol. The molecule has 0 atom stereocenters. The number of hydrogen-bond acceptors (Lipinski definition) is 5. The topological polar surface area (TPSA) is 89.4 Å². The van der Waals surface area contributed by atoms with Crippen molar-refractivity contribution < 1.29 is 18.0 Å². The van der Waals surface area contributed by atoms with Gasteiger partial charge >= 0.3 is 12.1 Å². The van der Waals surface area contributed by atoms with Gasteiger partial charge in [-0.3, -0.25) is 9.78 Å². The Kier molecular flexibility index (Phi) is 5.96. The number of carbonyl (C=O) groups is 1. The Hall–Kier alpha value is -3.47. The second kappa shape index (κ2) is 8.95. The summed E-state index contributed by atoms with van der Waals surface area (Å²) in [5, 5.41) is 4.38. The Bertz CT molecular complexity index is 1380. The third kappa shape index (κ3) is 4.36. The number of piperidine rings is 1. The molecule has 1 amide bonds. The van der Waals surface area contributed by atoms with E-state index >= 15 is 0 Å². The van der Waals surface area contributed by atoms with Crippen LogP contribution in [0, 0.1) is 0 Å². The molecule has 0 spiro atoms. The van der Waals surface area contributed by atoms with E-state index in [1.807, 2.05) is 42.5 Å². The fourth-order valence-electron chi connectivity index (χ4n) is 4.36. The first-order valence-corrected chi connectivity index (χ1v) is 11.7. The number of anilines is 1. The van der Waals surface area contributed by atoms with E-state index in [9.17, 15) is 18.0 Å². The highest BCUT2D eigenvalue weighted by atomic mass is 79.9. The number of fused-ring (bicyclic) bond motifs is 1. The van der Waals surface area contributed by atoms with E-state index in [4.69, 9.17) is 10.7 Å². The normalized spacial score (nSPS) is 15.0. The number of alkyl halides is 3. The first kappa shape index (κ1) is 23.3. The molecule has 5 rings (SSSR count). The van der Waals surface area contributed by atoms with Gasteiger partial charge in [-0.25, -0.2) is 4.98 Å². The zero-order chi connectivity index (χ0) is 24.7. The number of aromatic nitrogens is 4. The summed E-state index contributed by atoms with van der Waals surface area (Å²) >= 11 is 3.49. The predicted octanol–water partition coefficient (Wildman–Crippen LogP) is 5.07. The van der Waals surface area contributed by atoms with Crippen LogP contribution < -0.4 is 5.73 Å². The minimum absolute atomic E-state index is 0.000792. The fourth-order valence-corrected chi connectivity index (χ4v) is 4.94. The van der Waals surface area contributed by atoms with Gasteiger partial charge in [-0.2, -0.15) is 22.8 Å². The summed E-state index contributed by atoms with van der Waals surface area (Å²) < 4.78 is 40.5. The van der Waals surface area contributed by atoms with E-state index in [1.165, 1.54) is 4.52 Å². The molecule has 3 aromatic heterocycles. The van der Waals surface area contributed by atoms with Gasteiger partial charge in [-0.15, -0.1) is 0 Å². The summed E-state index contributed by atoms with van der Waals surface area (Å²) in [6, 6.07) is 13.7. The van der Waals surface area contributed by atoms with Crippen LogP contribution in [-0.2, 0) is 4.79 Å². The van der Waals surface area contributed by atoms with Crippen LogP contribution in [0.4, 0.5) is 19.0 Å². The first-order valence-electron chi connectivity index (χ1n) is 10.9. The molecule has 2 N–H and O–H groups in total. The molecule has 0 aliphatic carbocycles. The highest BCUT2D eigenvalue weighted by molar-refractivity contribution is 9.10. The molecule has 1 aliphatic rings. The highest BCUT2D eigenvalue weighted by Crippen LogP contribution is 2.37. The molecule has 4 heterocycles. The maximum absolute atomic E-state index is 12.8. The fraction of sp³-hybridized carbons (Fsp3) is 0.250. The number of carbonyl (C=O) groups excluding carboxylic acids is 1. The van der Waals surface area contributed by atoms with Gasteiger partial charge in [-0.05, 0) is 34.8 Å². The standard InChI is InChI=1S/C24H20BrF3N6O/c25-19-20(15-8-10-33(11-9-15)23(35)24(26,27)28)32-22-17(13-31-34(22)21(19)29)16-6-7-18(30-12-16)14-4-2-1-3-5-14/h1-7,12-13,15H,8-11,29H2. The van der Waals surface area contributed by atoms with E-state index in [0.29, 0.717) is 34.5 Å². The van der Waals surface area contributed by atoms with Gasteiger partial charge in [0, 0.05) is 41.9 Å². The van der Waals surface area contributed by atoms with Crippen LogP contribution in [-0.4, -0.2) is 49.7 Å². The van der Waals surface area contributed by atoms with Gasteiger partial charge in [0.2, 0.25) is 0 Å². The number of likely N-dealkylation sites (tertiary alicyclic amines) is 1. The number of nitrogens with two attached hydrogens (primary N) is 1. The molecule has 0 unspecified atom stereocenters. The molecule has 4 aromatic rings. The number of halogens is 4. The van der Waals surface area contributed by atoms with E-state index < -0.39 is 12.1 Å². The average molecular weight is 545 g/mol. The largest absolute Gasteiger partial charge is 0.471 e. The van der Waals surface area contributed by atoms with E-state index in [1.54, 1.807) is 12.4 Å². The van der Waals surface area contributed by atoms with Gasteiger partial charge in [0.15, 0.2) is 5.65 Å². The highest BCUT2D eigenvalue weighted by Gasteiger charge is 2.43. The summed E-state index contributed by atoms with van der Waals surface area (Å²) in [5.74, 6) is -1.61. The van der Waals surface area contributed by atoms with Crippen molar-refractivity contribution in [3.8, 4) is 22.4 Å². The van der Waals surface area contributed by atoms with Crippen molar-refractivity contribution in [2.75, 3.05) is 18.8 Å². The van der Waals surface area contributed by atoms with E-state index in [-0.39, 0.29) is 19.0 Å². The summed E-state index contributed by atoms with van der Waals surface area (Å²) in [6.07, 6.45) is -0.760. The number of hydrogen-bond donors (Lipinski definition) is 1. The Morgan fingerprint density at radius 1 is 1.03 bits per heavy atom. The Morgan fingerprint density at radius 2 is 1.74 bits per heavy atom. The van der Waals surface area contributed by atoms with Gasteiger partial charge in [0.1, 0.15) is 5.82 Å². The lowest BCUT2D eigenvalue weighted by atomic mass is 9.93. The minimum Gasteiger partial charge on any atom is -0.383 e. The van der Waals surface area contributed by atoms with Crippen molar-refractivity contribution in [2.24, 2.45) is 0 Å². The Labute approximate surface area is 206 Å². The van der Waals surface area contributed by atoms with Crippen LogP contribution in [0.2, 0.25) is 0 Å². The average Bonchev–Trinajstić information content (AvgIpc) is 3.30. The molecule has 35 heavy (non-hydrogen) atoms. The van der Waals surface area contributed by atoms with Crippen molar-refractivity contribution >= 4 is 33.3 Å². The van der Waals surface area contributed by atoms with Crippen molar-refractivity contribution in [3.63, 3.8) is 0 Å². The molecule has 0 radical (unpaired) electrons. The molecule has 180 valence electrons. The molecule has 11 heteroatoms. The second-order valence-electron chi connectivity index (χ2n) is 8.35. The molecule has 1 saturated heterocycles. The molecular formula is C24H20BrF3N6O. The van der Waals surface area contributed by atoms with E-state index in [2.05, 4.69) is 26.0 Å². The number of pyridine rings is 1. The van der Waals surface area contributed by atoms with Crippen LogP contribution >= 0.6 is 15.9 Å². The van der Waals surface area contributed by atoms with Gasteiger partial charge in [-0.1, -0.05) is 36.4 Å². The quantitative estimate of drug-likeness (QED) is 0.389. The number of nitrogens with zero attached hydrogens (tertiary/aromatic N) is 5. The molecule has 7 nitrogen and oxygen atoms in total. The lowest BCUT2D eigenvalue weighted by molar-refractivity contribution is -0.186. The lowest BCUT2D eigenvalue weighted by Crippen LogP contribution is -2.45. The van der Waals surface area contributed by atoms with Gasteiger partial charge in [0.25, 0.3) is 0 Å². The number of rotatable bonds is 3. The Balaban J connectivity index is 1.45. The van der Waals surface area contributed by atoms with Crippen LogP contribution in [0.15, 0.2) is 59.3 Å². The first-order chi connectivity index (χ1) is 16.7. The second-order valence-corrected chi connectivity index (χ2v) is 9.15. The smallest absolute Gasteiger partial charge is 0.383 e. The molecule has 0 saturated carbocycles. The van der Waals surface area contributed by atoms with Crippen molar-refractivity contribution in [3.05, 3.63) is 65.0 Å². The zero-order valence-electron chi connectivity index (χ0n) is 18.3. The number of amides is 1. The Morgan fingerprint density at radius 3 is 2.37 bits per heavy atom.